The van der Waals surface area contributed by atoms with Gasteiger partial charge in [0.25, 0.3) is 0 Å². The lowest BCUT2D eigenvalue weighted by molar-refractivity contribution is -0.155. The van der Waals surface area contributed by atoms with Crippen molar-refractivity contribution in [3.05, 3.63) is 23.3 Å². The summed E-state index contributed by atoms with van der Waals surface area (Å²) in [6.07, 6.45) is 9.90. The molecule has 4 aliphatic rings. The molecule has 0 spiro atoms. The van der Waals surface area contributed by atoms with E-state index in [1.807, 2.05) is 6.92 Å². The topological polar surface area (TPSA) is 77.8 Å². The average molecular weight is 346 g/mol. The first-order valence-electron chi connectivity index (χ1n) is 9.71. The van der Waals surface area contributed by atoms with Gasteiger partial charge in [0.15, 0.2) is 5.78 Å². The van der Waals surface area contributed by atoms with Gasteiger partial charge >= 0.3 is 0 Å². The molecule has 25 heavy (non-hydrogen) atoms. The molecule has 2 fully saturated rings. The molecule has 138 valence electrons. The Kier molecular flexibility index (Phi) is 3.85. The van der Waals surface area contributed by atoms with Crippen molar-refractivity contribution in [1.29, 1.82) is 0 Å². The number of allylic oxidation sites excluding steroid dienone is 3. The lowest BCUT2D eigenvalue weighted by Gasteiger charge is -2.54. The van der Waals surface area contributed by atoms with Crippen LogP contribution < -0.4 is 0 Å². The summed E-state index contributed by atoms with van der Waals surface area (Å²) in [5.41, 5.74) is 0.988. The highest BCUT2D eigenvalue weighted by atomic mass is 16.3. The lowest BCUT2D eigenvalue weighted by Crippen LogP contribution is -2.55. The molecule has 0 aliphatic heterocycles. The molecular weight excluding hydrogens is 316 g/mol. The lowest BCUT2D eigenvalue weighted by atomic mass is 9.51. The minimum atomic E-state index is -1.40. The Morgan fingerprint density at radius 3 is 2.72 bits per heavy atom. The van der Waals surface area contributed by atoms with E-state index in [-0.39, 0.29) is 17.4 Å². The Morgan fingerprint density at radius 2 is 2.00 bits per heavy atom. The summed E-state index contributed by atoms with van der Waals surface area (Å²) in [6, 6.07) is 0. The molecule has 4 aliphatic carbocycles. The molecule has 0 saturated heterocycles. The fourth-order valence-corrected chi connectivity index (χ4v) is 6.55. The third-order valence-electron chi connectivity index (χ3n) is 8.21. The van der Waals surface area contributed by atoms with Crippen molar-refractivity contribution in [1.82, 2.24) is 0 Å². The van der Waals surface area contributed by atoms with Gasteiger partial charge < -0.3 is 15.3 Å². The number of hydrogen-bond donors (Lipinski definition) is 3. The summed E-state index contributed by atoms with van der Waals surface area (Å²) >= 11 is 0. The van der Waals surface area contributed by atoms with Gasteiger partial charge in [-0.1, -0.05) is 37.1 Å². The predicted molar refractivity (Wildman–Crippen MR) is 94.7 cm³/mol. The van der Waals surface area contributed by atoms with Gasteiger partial charge in [-0.2, -0.15) is 0 Å². The van der Waals surface area contributed by atoms with E-state index >= 15 is 0 Å². The quantitative estimate of drug-likeness (QED) is 0.672. The van der Waals surface area contributed by atoms with Crippen molar-refractivity contribution >= 4 is 5.78 Å². The number of aliphatic hydroxyl groups excluding tert-OH is 2. The van der Waals surface area contributed by atoms with Crippen LogP contribution in [0.5, 0.6) is 0 Å². The van der Waals surface area contributed by atoms with Crippen molar-refractivity contribution in [3.8, 4) is 0 Å². The normalized spacial score (nSPS) is 48.8. The average Bonchev–Trinajstić information content (AvgIpc) is 2.87. The van der Waals surface area contributed by atoms with Gasteiger partial charge in [0, 0.05) is 10.8 Å². The molecule has 0 bridgehead atoms. The highest BCUT2D eigenvalue weighted by molar-refractivity contribution is 5.89. The smallest absolute Gasteiger partial charge is 0.190 e. The second-order valence-electron chi connectivity index (χ2n) is 9.17. The van der Waals surface area contributed by atoms with Crippen LogP contribution in [-0.2, 0) is 4.79 Å². The van der Waals surface area contributed by atoms with Crippen molar-refractivity contribution < 1.29 is 20.1 Å². The number of fused-ring (bicyclic) bond motifs is 5. The van der Waals surface area contributed by atoms with E-state index in [2.05, 4.69) is 19.1 Å². The predicted octanol–water partition coefficient (Wildman–Crippen LogP) is 2.52. The van der Waals surface area contributed by atoms with E-state index in [4.69, 9.17) is 0 Å². The molecule has 2 saturated carbocycles. The second kappa shape index (κ2) is 5.51. The van der Waals surface area contributed by atoms with E-state index in [9.17, 15) is 20.1 Å². The fraction of sp³-hybridized carbons (Fsp3) is 0.762. The summed E-state index contributed by atoms with van der Waals surface area (Å²) in [6.45, 7) is 3.77. The van der Waals surface area contributed by atoms with Crippen LogP contribution in [0.2, 0.25) is 0 Å². The zero-order chi connectivity index (χ0) is 18.0. The molecule has 0 aromatic rings. The van der Waals surface area contributed by atoms with Gasteiger partial charge in [-0.05, 0) is 56.8 Å². The van der Waals surface area contributed by atoms with Gasteiger partial charge in [-0.25, -0.2) is 0 Å². The maximum absolute atomic E-state index is 12.3. The molecule has 4 rings (SSSR count). The molecule has 0 radical (unpaired) electrons. The highest BCUT2D eigenvalue weighted by Crippen LogP contribution is 2.65. The molecule has 0 aromatic carbocycles. The highest BCUT2D eigenvalue weighted by Gasteiger charge is 2.63. The van der Waals surface area contributed by atoms with Crippen molar-refractivity contribution in [2.75, 3.05) is 6.61 Å². The minimum Gasteiger partial charge on any atom is -0.393 e. The summed E-state index contributed by atoms with van der Waals surface area (Å²) < 4.78 is 0. The third kappa shape index (κ3) is 2.14. The summed E-state index contributed by atoms with van der Waals surface area (Å²) in [7, 11) is 0. The van der Waals surface area contributed by atoms with Crippen molar-refractivity contribution in [3.63, 3.8) is 0 Å². The minimum absolute atomic E-state index is 0.0329. The molecule has 3 N–H and O–H groups in total. The zero-order valence-corrected chi connectivity index (χ0v) is 15.3. The number of ketones is 1. The molecular formula is C21H30O4. The fourth-order valence-electron chi connectivity index (χ4n) is 6.55. The molecule has 4 nitrogen and oxygen atoms in total. The summed E-state index contributed by atoms with van der Waals surface area (Å²) in [5.74, 6) is 0.214. The van der Waals surface area contributed by atoms with Gasteiger partial charge in [-0.3, -0.25) is 4.79 Å². The Balaban J connectivity index is 1.73. The van der Waals surface area contributed by atoms with Crippen LogP contribution in [0.15, 0.2) is 23.3 Å². The SMILES string of the molecule is C[C@]12CC[C@H](O)CC1=CC[C@@H]1C2=CC[C@@]2(C)[C@H]1CC[C@]2(O)C(=O)CO. The van der Waals surface area contributed by atoms with Crippen LogP contribution >= 0.6 is 0 Å². The van der Waals surface area contributed by atoms with E-state index in [0.717, 1.165) is 32.1 Å². The Hall–Kier alpha value is -0.970. The van der Waals surface area contributed by atoms with Gasteiger partial charge in [0.1, 0.15) is 12.2 Å². The zero-order valence-electron chi connectivity index (χ0n) is 15.3. The van der Waals surface area contributed by atoms with Crippen molar-refractivity contribution in [2.24, 2.45) is 22.7 Å². The first-order valence-corrected chi connectivity index (χ1v) is 9.71. The Morgan fingerprint density at radius 1 is 1.24 bits per heavy atom. The molecule has 0 heterocycles. The number of hydrogen-bond acceptors (Lipinski definition) is 4. The van der Waals surface area contributed by atoms with E-state index in [0.29, 0.717) is 18.8 Å². The van der Waals surface area contributed by atoms with E-state index in [1.165, 1.54) is 11.1 Å². The Bertz CT molecular complexity index is 665. The van der Waals surface area contributed by atoms with Crippen LogP contribution in [0, 0.1) is 22.7 Å². The molecule has 0 amide bonds. The molecule has 0 unspecified atom stereocenters. The van der Waals surface area contributed by atoms with Crippen LogP contribution in [0.1, 0.15) is 58.8 Å². The Labute approximate surface area is 149 Å². The monoisotopic (exact) mass is 346 g/mol. The van der Waals surface area contributed by atoms with Crippen LogP contribution in [0.4, 0.5) is 0 Å². The van der Waals surface area contributed by atoms with Crippen LogP contribution in [0.25, 0.3) is 0 Å². The van der Waals surface area contributed by atoms with E-state index < -0.39 is 23.4 Å². The number of carbonyl (C=O) groups is 1. The second-order valence-corrected chi connectivity index (χ2v) is 9.17. The summed E-state index contributed by atoms with van der Waals surface area (Å²) in [4.78, 5) is 12.3. The number of aliphatic hydroxyl groups is 3. The molecule has 6 atom stereocenters. The van der Waals surface area contributed by atoms with Crippen LogP contribution in [0.3, 0.4) is 0 Å². The maximum Gasteiger partial charge on any atom is 0.190 e. The first kappa shape index (κ1) is 17.4. The van der Waals surface area contributed by atoms with Gasteiger partial charge in [-0.15, -0.1) is 0 Å². The summed E-state index contributed by atoms with van der Waals surface area (Å²) in [5, 5.41) is 30.6. The van der Waals surface area contributed by atoms with Gasteiger partial charge in [0.2, 0.25) is 0 Å². The third-order valence-corrected chi connectivity index (χ3v) is 8.21. The largest absolute Gasteiger partial charge is 0.393 e. The van der Waals surface area contributed by atoms with Gasteiger partial charge in [0.05, 0.1) is 6.10 Å². The number of carbonyl (C=O) groups excluding carboxylic acids is 1. The molecule has 0 aromatic heterocycles. The van der Waals surface area contributed by atoms with E-state index in [1.54, 1.807) is 0 Å². The molecule has 4 heteroatoms. The first-order chi connectivity index (χ1) is 11.8. The number of Topliss-reactive ketones (excluding diaryl/α,β-unsaturated/α-hetero) is 1. The van der Waals surface area contributed by atoms with Crippen molar-refractivity contribution in [2.45, 2.75) is 70.5 Å². The maximum atomic E-state index is 12.3. The van der Waals surface area contributed by atoms with Crippen LogP contribution in [-0.4, -0.2) is 39.4 Å². The standard InChI is InChI=1S/C21H30O4/c1-19-8-5-14(23)11-13(19)3-4-15-16(19)6-9-20(2)17(15)7-10-21(20,25)18(24)12-22/h3,6,14-15,17,22-23,25H,4-5,7-12H2,1-2H3/t14-,15+,17-,19-,20-,21-/m0/s1. The number of rotatable bonds is 2.